The van der Waals surface area contributed by atoms with Crippen molar-refractivity contribution in [3.63, 3.8) is 0 Å². The zero-order valence-electron chi connectivity index (χ0n) is 9.60. The second-order valence-electron chi connectivity index (χ2n) is 3.96. The van der Waals surface area contributed by atoms with Crippen molar-refractivity contribution in [2.24, 2.45) is 0 Å². The fourth-order valence-corrected chi connectivity index (χ4v) is 1.70. The predicted octanol–water partition coefficient (Wildman–Crippen LogP) is -1.14. The number of rotatable bonds is 2. The quantitative estimate of drug-likeness (QED) is 0.647. The number of hydrogen-bond acceptors (Lipinski definition) is 4. The monoisotopic (exact) mass is 249 g/mol. The van der Waals surface area contributed by atoms with Gasteiger partial charge in [-0.3, -0.25) is 24.1 Å². The number of likely N-dealkylation sites (tertiary alicyclic amines) is 1. The zero-order valence-corrected chi connectivity index (χ0v) is 9.60. The molecule has 94 valence electrons. The van der Waals surface area contributed by atoms with Gasteiger partial charge in [0.15, 0.2) is 0 Å². The second-order valence-corrected chi connectivity index (χ2v) is 3.96. The molecule has 1 unspecified atom stereocenters. The average molecular weight is 249 g/mol. The van der Waals surface area contributed by atoms with Gasteiger partial charge in [0.25, 0.3) is 11.8 Å². The third kappa shape index (κ3) is 2.15. The number of pyridine rings is 1. The van der Waals surface area contributed by atoms with Crippen LogP contribution in [-0.4, -0.2) is 40.7 Å². The van der Waals surface area contributed by atoms with E-state index in [-0.39, 0.29) is 17.9 Å². The maximum absolute atomic E-state index is 11.8. The number of nitrogens with one attached hydrogen (secondary N) is 2. The van der Waals surface area contributed by atoms with Gasteiger partial charge in [-0.2, -0.15) is 0 Å². The third-order valence-electron chi connectivity index (χ3n) is 2.72. The van der Waals surface area contributed by atoms with Crippen molar-refractivity contribution in [2.75, 3.05) is 7.05 Å². The summed E-state index contributed by atoms with van der Waals surface area (Å²) in [7, 11) is 1.37. The lowest BCUT2D eigenvalue weighted by Gasteiger charge is -2.10. The van der Waals surface area contributed by atoms with E-state index in [1.165, 1.54) is 19.3 Å². The number of imide groups is 1. The van der Waals surface area contributed by atoms with E-state index >= 15 is 0 Å². The van der Waals surface area contributed by atoms with Crippen molar-refractivity contribution >= 4 is 17.7 Å². The van der Waals surface area contributed by atoms with Crippen LogP contribution in [0.4, 0.5) is 0 Å². The largest absolute Gasteiger partial charge is 0.340 e. The SMILES string of the molecule is CN1C(=O)CC(NC(=O)c2cc[nH]c(=O)c2)C1=O. The first-order valence-electron chi connectivity index (χ1n) is 5.29. The molecular weight excluding hydrogens is 238 g/mol. The minimum absolute atomic E-state index is 0.0513. The summed E-state index contributed by atoms with van der Waals surface area (Å²) in [5, 5.41) is 2.43. The van der Waals surface area contributed by atoms with E-state index in [4.69, 9.17) is 0 Å². The minimum atomic E-state index is -0.853. The van der Waals surface area contributed by atoms with Gasteiger partial charge in [0.2, 0.25) is 11.5 Å². The summed E-state index contributed by atoms with van der Waals surface area (Å²) in [6.07, 6.45) is 1.29. The van der Waals surface area contributed by atoms with E-state index in [9.17, 15) is 19.2 Å². The third-order valence-corrected chi connectivity index (χ3v) is 2.72. The van der Waals surface area contributed by atoms with Crippen LogP contribution in [0.5, 0.6) is 0 Å². The van der Waals surface area contributed by atoms with Gasteiger partial charge in [0.1, 0.15) is 6.04 Å². The summed E-state index contributed by atoms with van der Waals surface area (Å²) in [6.45, 7) is 0. The first kappa shape index (κ1) is 12.0. The predicted molar refractivity (Wildman–Crippen MR) is 60.7 cm³/mol. The van der Waals surface area contributed by atoms with Crippen LogP contribution in [0.3, 0.4) is 0 Å². The number of aromatic nitrogens is 1. The van der Waals surface area contributed by atoms with Gasteiger partial charge in [-0.25, -0.2) is 0 Å². The number of likely N-dealkylation sites (N-methyl/N-ethyl adjacent to an activating group) is 1. The summed E-state index contributed by atoms with van der Waals surface area (Å²) in [4.78, 5) is 49.0. The van der Waals surface area contributed by atoms with Crippen LogP contribution in [0.25, 0.3) is 0 Å². The molecule has 0 bridgehead atoms. The molecule has 1 aromatic heterocycles. The Morgan fingerprint density at radius 2 is 2.17 bits per heavy atom. The molecule has 1 saturated heterocycles. The lowest BCUT2D eigenvalue weighted by molar-refractivity contribution is -0.137. The van der Waals surface area contributed by atoms with E-state index in [2.05, 4.69) is 10.3 Å². The Bertz CT molecular complexity index is 578. The first-order valence-corrected chi connectivity index (χ1v) is 5.29. The summed E-state index contributed by atoms with van der Waals surface area (Å²) in [5.41, 5.74) is -0.262. The van der Waals surface area contributed by atoms with Crippen molar-refractivity contribution in [3.05, 3.63) is 34.2 Å². The molecule has 3 amide bonds. The summed E-state index contributed by atoms with van der Waals surface area (Å²) >= 11 is 0. The molecule has 2 N–H and O–H groups in total. The molecule has 2 heterocycles. The fourth-order valence-electron chi connectivity index (χ4n) is 1.70. The Kier molecular flexibility index (Phi) is 2.97. The Balaban J connectivity index is 2.11. The molecule has 0 saturated carbocycles. The lowest BCUT2D eigenvalue weighted by Crippen LogP contribution is -2.40. The van der Waals surface area contributed by atoms with Gasteiger partial charge in [-0.05, 0) is 6.07 Å². The number of hydrogen-bond donors (Lipinski definition) is 2. The number of H-pyrrole nitrogens is 1. The molecule has 7 nitrogen and oxygen atoms in total. The molecule has 7 heteroatoms. The van der Waals surface area contributed by atoms with Crippen molar-refractivity contribution in [1.82, 2.24) is 15.2 Å². The fraction of sp³-hybridized carbons (Fsp3) is 0.273. The summed E-state index contributed by atoms with van der Waals surface area (Å²) in [5.74, 6) is -1.34. The van der Waals surface area contributed by atoms with Gasteiger partial charge in [-0.15, -0.1) is 0 Å². The number of carbonyl (C=O) groups is 3. The van der Waals surface area contributed by atoms with Gasteiger partial charge in [0.05, 0.1) is 6.42 Å². The normalized spacial score (nSPS) is 19.2. The number of nitrogens with zero attached hydrogens (tertiary/aromatic N) is 1. The highest BCUT2D eigenvalue weighted by atomic mass is 16.2. The molecule has 0 aromatic carbocycles. The molecule has 1 aromatic rings. The topological polar surface area (TPSA) is 99.3 Å². The highest BCUT2D eigenvalue weighted by molar-refractivity contribution is 6.07. The van der Waals surface area contributed by atoms with Crippen molar-refractivity contribution in [1.29, 1.82) is 0 Å². The Labute approximate surface area is 102 Å². The Hall–Kier alpha value is -2.44. The van der Waals surface area contributed by atoms with E-state index in [1.807, 2.05) is 0 Å². The number of amides is 3. The Morgan fingerprint density at radius 1 is 1.44 bits per heavy atom. The molecule has 0 radical (unpaired) electrons. The smallest absolute Gasteiger partial charge is 0.252 e. The molecule has 1 atom stereocenters. The Morgan fingerprint density at radius 3 is 2.72 bits per heavy atom. The second kappa shape index (κ2) is 4.44. The molecule has 0 spiro atoms. The van der Waals surface area contributed by atoms with Crippen LogP contribution in [0.2, 0.25) is 0 Å². The molecule has 1 aliphatic heterocycles. The highest BCUT2D eigenvalue weighted by Crippen LogP contribution is 2.11. The van der Waals surface area contributed by atoms with E-state index in [0.717, 1.165) is 11.0 Å². The molecule has 18 heavy (non-hydrogen) atoms. The molecule has 1 aliphatic rings. The van der Waals surface area contributed by atoms with Crippen molar-refractivity contribution in [2.45, 2.75) is 12.5 Å². The van der Waals surface area contributed by atoms with Crippen LogP contribution in [-0.2, 0) is 9.59 Å². The summed E-state index contributed by atoms with van der Waals surface area (Å²) in [6, 6.07) is 1.69. The van der Waals surface area contributed by atoms with Gasteiger partial charge in [0, 0.05) is 24.9 Å². The lowest BCUT2D eigenvalue weighted by atomic mass is 10.2. The van der Waals surface area contributed by atoms with E-state index in [1.54, 1.807) is 0 Å². The van der Waals surface area contributed by atoms with Crippen molar-refractivity contribution in [3.8, 4) is 0 Å². The maximum Gasteiger partial charge on any atom is 0.252 e. The maximum atomic E-state index is 11.8. The first-order chi connectivity index (χ1) is 8.49. The standard InChI is InChI=1S/C11H11N3O4/c1-14-9(16)5-7(11(14)18)13-10(17)6-2-3-12-8(15)4-6/h2-4,7H,5H2,1H3,(H,12,15)(H,13,17). The van der Waals surface area contributed by atoms with Crippen LogP contribution >= 0.6 is 0 Å². The molecular formula is C11H11N3O4. The van der Waals surface area contributed by atoms with Gasteiger partial charge < -0.3 is 10.3 Å². The zero-order chi connectivity index (χ0) is 13.3. The van der Waals surface area contributed by atoms with Crippen LogP contribution in [0, 0.1) is 0 Å². The number of carbonyl (C=O) groups excluding carboxylic acids is 3. The van der Waals surface area contributed by atoms with Crippen LogP contribution < -0.4 is 10.9 Å². The number of aromatic amines is 1. The van der Waals surface area contributed by atoms with Gasteiger partial charge >= 0.3 is 0 Å². The molecule has 2 rings (SSSR count). The van der Waals surface area contributed by atoms with E-state index < -0.39 is 23.4 Å². The molecule has 0 aliphatic carbocycles. The van der Waals surface area contributed by atoms with Crippen molar-refractivity contribution < 1.29 is 14.4 Å². The molecule has 1 fully saturated rings. The van der Waals surface area contributed by atoms with Crippen LogP contribution in [0.1, 0.15) is 16.8 Å². The van der Waals surface area contributed by atoms with Crippen LogP contribution in [0.15, 0.2) is 23.1 Å². The van der Waals surface area contributed by atoms with E-state index in [0.29, 0.717) is 0 Å². The summed E-state index contributed by atoms with van der Waals surface area (Å²) < 4.78 is 0. The minimum Gasteiger partial charge on any atom is -0.340 e. The average Bonchev–Trinajstić information content (AvgIpc) is 2.57. The highest BCUT2D eigenvalue weighted by Gasteiger charge is 2.36. The van der Waals surface area contributed by atoms with Gasteiger partial charge in [-0.1, -0.05) is 0 Å².